The van der Waals surface area contributed by atoms with Gasteiger partial charge in [-0.2, -0.15) is 9.97 Å². The number of nitrogens with zero attached hydrogens (tertiary/aromatic N) is 4. The van der Waals surface area contributed by atoms with E-state index in [1.807, 2.05) is 66.7 Å². The first-order valence-corrected chi connectivity index (χ1v) is 16.0. The Morgan fingerprint density at radius 1 is 0.574 bits per heavy atom. The van der Waals surface area contributed by atoms with E-state index in [1.165, 1.54) is 22.3 Å². The lowest BCUT2D eigenvalue weighted by Crippen LogP contribution is -2.15. The molecule has 10 rings (SSSR count). The molecule has 5 heteroatoms. The lowest BCUT2D eigenvalue weighted by molar-refractivity contribution is 0.658. The van der Waals surface area contributed by atoms with E-state index in [0.29, 0.717) is 17.6 Å². The molecule has 0 aliphatic heterocycles. The third-order valence-electron chi connectivity index (χ3n) is 9.82. The molecule has 1 aliphatic rings. The second-order valence-corrected chi connectivity index (χ2v) is 12.8. The van der Waals surface area contributed by atoms with Crippen LogP contribution in [0.1, 0.15) is 25.0 Å². The van der Waals surface area contributed by atoms with Crippen molar-refractivity contribution in [1.29, 1.82) is 0 Å². The number of para-hydroxylation sites is 2. The van der Waals surface area contributed by atoms with Crippen molar-refractivity contribution in [3.63, 3.8) is 0 Å². The van der Waals surface area contributed by atoms with Gasteiger partial charge >= 0.3 is 0 Å². The fraction of sp³-hybridized carbons (Fsp3) is 0.0714. The summed E-state index contributed by atoms with van der Waals surface area (Å²) in [6.07, 6.45) is 0. The maximum atomic E-state index is 6.91. The van der Waals surface area contributed by atoms with E-state index in [9.17, 15) is 0 Å². The molecule has 5 nitrogen and oxygen atoms in total. The molecule has 3 heterocycles. The number of aromatic nitrogens is 4. The highest BCUT2D eigenvalue weighted by Crippen LogP contribution is 2.57. The molecule has 47 heavy (non-hydrogen) atoms. The Bertz CT molecular complexity index is 2640. The van der Waals surface area contributed by atoms with Gasteiger partial charge in [-0.05, 0) is 34.4 Å². The molecular weight excluding hydrogens is 576 g/mol. The Balaban J connectivity index is 1.44. The highest BCUT2D eigenvalue weighted by Gasteiger charge is 2.41. The first-order valence-electron chi connectivity index (χ1n) is 16.0. The van der Waals surface area contributed by atoms with Crippen LogP contribution >= 0.6 is 0 Å². The van der Waals surface area contributed by atoms with Crippen LogP contribution in [0.2, 0.25) is 0 Å². The standard InChI is InChI=1S/C42H28N4O/c1-42(2)30-22-12-9-19-27(30)33-34-28-20-10-13-23-31(28)46(37(34)38-35(36(33)42)29-21-11-14-24-32(29)47-38)41-44-39(25-15-5-3-6-16-25)43-40(45-41)26-17-7-4-8-18-26/h3-24H,1-2H3. The third kappa shape index (κ3) is 3.57. The molecule has 0 unspecified atom stereocenters. The molecule has 3 aromatic heterocycles. The Labute approximate surface area is 270 Å². The minimum atomic E-state index is -0.234. The molecule has 0 amide bonds. The van der Waals surface area contributed by atoms with E-state index in [4.69, 9.17) is 19.4 Å². The molecule has 1 aliphatic carbocycles. The van der Waals surface area contributed by atoms with Crippen LogP contribution in [-0.4, -0.2) is 19.5 Å². The molecule has 0 N–H and O–H groups in total. The molecule has 0 saturated heterocycles. The molecule has 0 spiro atoms. The largest absolute Gasteiger partial charge is 0.454 e. The van der Waals surface area contributed by atoms with Gasteiger partial charge < -0.3 is 4.42 Å². The van der Waals surface area contributed by atoms with Crippen LogP contribution in [0.5, 0.6) is 0 Å². The topological polar surface area (TPSA) is 56.7 Å². The van der Waals surface area contributed by atoms with Crippen LogP contribution in [0.3, 0.4) is 0 Å². The first kappa shape index (κ1) is 26.2. The highest BCUT2D eigenvalue weighted by atomic mass is 16.3. The van der Waals surface area contributed by atoms with Crippen molar-refractivity contribution in [2.45, 2.75) is 19.3 Å². The van der Waals surface area contributed by atoms with E-state index < -0.39 is 0 Å². The molecule has 0 saturated carbocycles. The van der Waals surface area contributed by atoms with Crippen LogP contribution in [-0.2, 0) is 5.41 Å². The average Bonchev–Trinajstić information content (AvgIpc) is 3.75. The maximum Gasteiger partial charge on any atom is 0.238 e. The van der Waals surface area contributed by atoms with Crippen LogP contribution in [0.25, 0.3) is 83.6 Å². The fourth-order valence-electron chi connectivity index (χ4n) is 7.80. The quantitative estimate of drug-likeness (QED) is 0.201. The maximum absolute atomic E-state index is 6.91. The number of rotatable bonds is 3. The van der Waals surface area contributed by atoms with Crippen molar-refractivity contribution >= 4 is 43.7 Å². The van der Waals surface area contributed by atoms with Gasteiger partial charge in [0.15, 0.2) is 17.2 Å². The normalized spacial score (nSPS) is 13.5. The molecule has 0 radical (unpaired) electrons. The minimum Gasteiger partial charge on any atom is -0.454 e. The zero-order valence-electron chi connectivity index (χ0n) is 25.9. The summed E-state index contributed by atoms with van der Waals surface area (Å²) < 4.78 is 9.11. The number of benzene rings is 6. The Morgan fingerprint density at radius 2 is 1.17 bits per heavy atom. The summed E-state index contributed by atoms with van der Waals surface area (Å²) in [5, 5.41) is 4.55. The highest BCUT2D eigenvalue weighted by molar-refractivity contribution is 6.29. The van der Waals surface area contributed by atoms with E-state index in [2.05, 4.69) is 85.1 Å². The monoisotopic (exact) mass is 604 g/mol. The first-order chi connectivity index (χ1) is 23.1. The third-order valence-corrected chi connectivity index (χ3v) is 9.82. The molecule has 6 aromatic carbocycles. The van der Waals surface area contributed by atoms with Crippen molar-refractivity contribution in [3.8, 4) is 39.9 Å². The Hall–Kier alpha value is -6.07. The predicted molar refractivity (Wildman–Crippen MR) is 190 cm³/mol. The summed E-state index contributed by atoms with van der Waals surface area (Å²) in [4.78, 5) is 15.4. The SMILES string of the molecule is CC1(C)c2ccccc2-c2c1c1c3ccccc3oc1c1c2c2ccccc2n1-c1nc(-c2ccccc2)nc(-c2ccccc2)n1. The number of hydrogen-bond donors (Lipinski definition) is 0. The molecular formula is C42H28N4O. The molecule has 0 fully saturated rings. The van der Waals surface area contributed by atoms with Crippen LogP contribution in [0.4, 0.5) is 0 Å². The zero-order valence-corrected chi connectivity index (χ0v) is 25.9. The Morgan fingerprint density at radius 3 is 1.89 bits per heavy atom. The van der Waals surface area contributed by atoms with Gasteiger partial charge in [-0.15, -0.1) is 0 Å². The van der Waals surface area contributed by atoms with Gasteiger partial charge in [0.1, 0.15) is 11.1 Å². The van der Waals surface area contributed by atoms with Crippen LogP contribution < -0.4 is 0 Å². The molecule has 9 aromatic rings. The molecule has 0 atom stereocenters. The van der Waals surface area contributed by atoms with Crippen molar-refractivity contribution in [2.75, 3.05) is 0 Å². The molecule has 222 valence electrons. The molecule has 0 bridgehead atoms. The summed E-state index contributed by atoms with van der Waals surface area (Å²) in [6.45, 7) is 4.68. The van der Waals surface area contributed by atoms with Gasteiger partial charge in [-0.25, -0.2) is 4.98 Å². The van der Waals surface area contributed by atoms with Gasteiger partial charge in [0, 0.05) is 38.1 Å². The van der Waals surface area contributed by atoms with Crippen LogP contribution in [0, 0.1) is 0 Å². The van der Waals surface area contributed by atoms with Gasteiger partial charge in [0.25, 0.3) is 0 Å². The lowest BCUT2D eigenvalue weighted by Gasteiger charge is -2.22. The van der Waals surface area contributed by atoms with E-state index in [0.717, 1.165) is 54.9 Å². The second kappa shape index (κ2) is 9.47. The number of hydrogen-bond acceptors (Lipinski definition) is 4. The van der Waals surface area contributed by atoms with Gasteiger partial charge in [-0.3, -0.25) is 4.57 Å². The summed E-state index contributed by atoms with van der Waals surface area (Å²) in [5.74, 6) is 1.79. The van der Waals surface area contributed by atoms with Crippen molar-refractivity contribution in [2.24, 2.45) is 0 Å². The van der Waals surface area contributed by atoms with Crippen LogP contribution in [0.15, 0.2) is 138 Å². The van der Waals surface area contributed by atoms with Gasteiger partial charge in [-0.1, -0.05) is 135 Å². The summed E-state index contributed by atoms with van der Waals surface area (Å²) in [5.41, 5.74) is 10.5. The van der Waals surface area contributed by atoms with E-state index in [1.54, 1.807) is 0 Å². The van der Waals surface area contributed by atoms with Gasteiger partial charge in [0.2, 0.25) is 5.95 Å². The lowest BCUT2D eigenvalue weighted by atomic mass is 9.80. The van der Waals surface area contributed by atoms with Crippen molar-refractivity contribution < 1.29 is 4.42 Å². The summed E-state index contributed by atoms with van der Waals surface area (Å²) in [7, 11) is 0. The van der Waals surface area contributed by atoms with Gasteiger partial charge in [0.05, 0.1) is 5.52 Å². The van der Waals surface area contributed by atoms with Crippen molar-refractivity contribution in [1.82, 2.24) is 19.5 Å². The smallest absolute Gasteiger partial charge is 0.238 e. The van der Waals surface area contributed by atoms with Crippen molar-refractivity contribution in [3.05, 3.63) is 145 Å². The number of fused-ring (bicyclic) bond motifs is 12. The average molecular weight is 605 g/mol. The fourth-order valence-corrected chi connectivity index (χ4v) is 7.80. The predicted octanol–water partition coefficient (Wildman–Crippen LogP) is 10.5. The summed E-state index contributed by atoms with van der Waals surface area (Å²) >= 11 is 0. The summed E-state index contributed by atoms with van der Waals surface area (Å²) in [6, 6.07) is 46.1. The Kier molecular flexibility index (Phi) is 5.28. The van der Waals surface area contributed by atoms with E-state index >= 15 is 0 Å². The second-order valence-electron chi connectivity index (χ2n) is 12.8. The van der Waals surface area contributed by atoms with E-state index in [-0.39, 0.29) is 5.41 Å². The zero-order chi connectivity index (χ0) is 31.3. The number of furan rings is 1. The minimum absolute atomic E-state index is 0.234.